The van der Waals surface area contributed by atoms with Crippen LogP contribution < -0.4 is 9.50 Å². The summed E-state index contributed by atoms with van der Waals surface area (Å²) in [5.41, 5.74) is 1.95. The van der Waals surface area contributed by atoms with Crippen molar-refractivity contribution in [3.05, 3.63) is 107 Å². The van der Waals surface area contributed by atoms with Crippen LogP contribution in [0, 0.1) is 0 Å². The summed E-state index contributed by atoms with van der Waals surface area (Å²) in [5, 5.41) is 4.23. The van der Waals surface area contributed by atoms with Crippen LogP contribution in [0.1, 0.15) is 18.1 Å². The third-order valence-corrected chi connectivity index (χ3v) is 8.10. The number of thioether (sulfide) groups is 1. The number of imide groups is 1. The van der Waals surface area contributed by atoms with Crippen molar-refractivity contribution in [1.29, 1.82) is 0 Å². The minimum atomic E-state index is -4.10. The van der Waals surface area contributed by atoms with Gasteiger partial charge in [-0.25, -0.2) is 0 Å². The molecule has 3 amide bonds. The minimum Gasteiger partial charge on any atom is -0.379 e. The third-order valence-electron chi connectivity index (χ3n) is 5.93. The molecule has 4 aromatic carbocycles. The SMILES string of the molecule is CC(=O)Nc1ccc(S(=O)(=O)Oc2ccc(/C=C3\SC(=O)N(Cc4cccc5ccccc45)C3=O)cc2)cc1. The molecule has 0 spiro atoms. The van der Waals surface area contributed by atoms with E-state index < -0.39 is 10.1 Å². The van der Waals surface area contributed by atoms with Crippen molar-refractivity contribution in [3.8, 4) is 5.75 Å². The van der Waals surface area contributed by atoms with Crippen molar-refractivity contribution in [3.63, 3.8) is 0 Å². The number of fused-ring (bicyclic) bond motifs is 1. The molecule has 1 aliphatic rings. The van der Waals surface area contributed by atoms with Crippen molar-refractivity contribution in [1.82, 2.24) is 4.90 Å². The number of nitrogens with zero attached hydrogens (tertiary/aromatic N) is 1. The van der Waals surface area contributed by atoms with Crippen molar-refractivity contribution in [2.24, 2.45) is 0 Å². The van der Waals surface area contributed by atoms with Gasteiger partial charge in [0, 0.05) is 12.6 Å². The van der Waals surface area contributed by atoms with E-state index in [0.29, 0.717) is 11.3 Å². The maximum atomic E-state index is 13.0. The highest BCUT2D eigenvalue weighted by atomic mass is 32.2. The van der Waals surface area contributed by atoms with E-state index in [1.165, 1.54) is 48.2 Å². The van der Waals surface area contributed by atoms with Crippen LogP contribution in [0.4, 0.5) is 10.5 Å². The van der Waals surface area contributed by atoms with E-state index >= 15 is 0 Å². The predicted molar refractivity (Wildman–Crippen MR) is 150 cm³/mol. The van der Waals surface area contributed by atoms with Crippen molar-refractivity contribution < 1.29 is 27.0 Å². The Morgan fingerprint density at radius 3 is 2.33 bits per heavy atom. The van der Waals surface area contributed by atoms with Crippen molar-refractivity contribution in [2.75, 3.05) is 5.32 Å². The average Bonchev–Trinajstić information content (AvgIpc) is 3.17. The number of rotatable bonds is 7. The van der Waals surface area contributed by atoms with Crippen LogP contribution in [0.2, 0.25) is 0 Å². The van der Waals surface area contributed by atoms with Gasteiger partial charge in [-0.1, -0.05) is 54.6 Å². The number of hydrogen-bond donors (Lipinski definition) is 1. The van der Waals surface area contributed by atoms with Crippen LogP contribution in [0.3, 0.4) is 0 Å². The molecule has 1 fully saturated rings. The Morgan fingerprint density at radius 2 is 1.62 bits per heavy atom. The molecule has 1 saturated heterocycles. The summed E-state index contributed by atoms with van der Waals surface area (Å²) in [6.07, 6.45) is 1.59. The van der Waals surface area contributed by atoms with Gasteiger partial charge in [0.05, 0.1) is 11.4 Å². The van der Waals surface area contributed by atoms with E-state index in [9.17, 15) is 22.8 Å². The summed E-state index contributed by atoms with van der Waals surface area (Å²) < 4.78 is 30.5. The Morgan fingerprint density at radius 1 is 0.923 bits per heavy atom. The van der Waals surface area contributed by atoms with Crippen LogP contribution in [0.5, 0.6) is 5.75 Å². The maximum absolute atomic E-state index is 13.0. The molecule has 5 rings (SSSR count). The monoisotopic (exact) mass is 558 g/mol. The lowest BCUT2D eigenvalue weighted by molar-refractivity contribution is -0.123. The van der Waals surface area contributed by atoms with E-state index in [-0.39, 0.29) is 39.1 Å². The molecule has 0 aliphatic carbocycles. The van der Waals surface area contributed by atoms with Gasteiger partial charge in [0.15, 0.2) is 0 Å². The summed E-state index contributed by atoms with van der Waals surface area (Å²) in [5.74, 6) is -0.567. The lowest BCUT2D eigenvalue weighted by Gasteiger charge is -2.14. The molecule has 196 valence electrons. The summed E-state index contributed by atoms with van der Waals surface area (Å²) in [6, 6.07) is 25.3. The molecular weight excluding hydrogens is 536 g/mol. The molecule has 10 heteroatoms. The molecule has 39 heavy (non-hydrogen) atoms. The van der Waals surface area contributed by atoms with Gasteiger partial charge in [-0.3, -0.25) is 19.3 Å². The van der Waals surface area contributed by atoms with Gasteiger partial charge in [-0.15, -0.1) is 0 Å². The van der Waals surface area contributed by atoms with E-state index in [4.69, 9.17) is 4.18 Å². The number of hydrogen-bond acceptors (Lipinski definition) is 7. The summed E-state index contributed by atoms with van der Waals surface area (Å²) in [7, 11) is -4.10. The Kier molecular flexibility index (Phi) is 7.23. The summed E-state index contributed by atoms with van der Waals surface area (Å²) >= 11 is 0.863. The number of carbonyl (C=O) groups excluding carboxylic acids is 3. The summed E-state index contributed by atoms with van der Waals surface area (Å²) in [4.78, 5) is 38.3. The Bertz CT molecular complexity index is 1720. The van der Waals surface area contributed by atoms with Crippen molar-refractivity contribution >= 4 is 61.5 Å². The fourth-order valence-electron chi connectivity index (χ4n) is 4.09. The lowest BCUT2D eigenvalue weighted by Crippen LogP contribution is -2.27. The Hall–Kier alpha value is -4.41. The van der Waals surface area contributed by atoms with Crippen molar-refractivity contribution in [2.45, 2.75) is 18.4 Å². The standard InChI is InChI=1S/C29H22N2O6S2/c1-19(32)30-23-11-15-25(16-12-23)39(35,36)37-24-13-9-20(10-14-24)17-27-28(33)31(29(34)38-27)18-22-7-4-6-21-5-2-3-8-26(21)22/h2-17H,18H2,1H3,(H,30,32)/b27-17-. The minimum absolute atomic E-state index is 0.0689. The molecule has 0 saturated carbocycles. The zero-order chi connectivity index (χ0) is 27.6. The first-order chi connectivity index (χ1) is 18.7. The lowest BCUT2D eigenvalue weighted by atomic mass is 10.0. The molecule has 0 atom stereocenters. The molecule has 1 heterocycles. The molecule has 0 aromatic heterocycles. The Balaban J connectivity index is 1.28. The first-order valence-corrected chi connectivity index (χ1v) is 14.1. The van der Waals surface area contributed by atoms with Gasteiger partial charge in [-0.2, -0.15) is 8.42 Å². The first kappa shape index (κ1) is 26.2. The van der Waals surface area contributed by atoms with Gasteiger partial charge < -0.3 is 9.50 Å². The molecule has 4 aromatic rings. The topological polar surface area (TPSA) is 110 Å². The maximum Gasteiger partial charge on any atom is 0.339 e. The first-order valence-electron chi connectivity index (χ1n) is 11.8. The molecule has 0 bridgehead atoms. The second-order valence-electron chi connectivity index (χ2n) is 8.72. The molecular formula is C29H22N2O6S2. The van der Waals surface area contributed by atoms with E-state index in [0.717, 1.165) is 28.1 Å². The second-order valence-corrected chi connectivity index (χ2v) is 11.3. The van der Waals surface area contributed by atoms with Gasteiger partial charge in [0.25, 0.3) is 11.1 Å². The highest BCUT2D eigenvalue weighted by Crippen LogP contribution is 2.34. The zero-order valence-electron chi connectivity index (χ0n) is 20.7. The van der Waals surface area contributed by atoms with Crippen LogP contribution in [0.15, 0.2) is 101 Å². The molecule has 0 unspecified atom stereocenters. The highest BCUT2D eigenvalue weighted by molar-refractivity contribution is 8.18. The molecule has 1 aliphatic heterocycles. The van der Waals surface area contributed by atoms with Gasteiger partial charge >= 0.3 is 10.1 Å². The number of amides is 3. The van der Waals surface area contributed by atoms with E-state index in [1.807, 2.05) is 42.5 Å². The Labute approximate surface area is 229 Å². The number of benzene rings is 4. The molecule has 8 nitrogen and oxygen atoms in total. The largest absolute Gasteiger partial charge is 0.379 e. The smallest absolute Gasteiger partial charge is 0.339 e. The van der Waals surface area contributed by atoms with Crippen LogP contribution in [-0.4, -0.2) is 30.4 Å². The van der Waals surface area contributed by atoms with Gasteiger partial charge in [-0.05, 0) is 76.1 Å². The average molecular weight is 559 g/mol. The second kappa shape index (κ2) is 10.8. The quantitative estimate of drug-likeness (QED) is 0.225. The van der Waals surface area contributed by atoms with Crippen LogP contribution in [0.25, 0.3) is 16.8 Å². The fourth-order valence-corrected chi connectivity index (χ4v) is 5.86. The van der Waals surface area contributed by atoms with Gasteiger partial charge in [0.1, 0.15) is 10.6 Å². The van der Waals surface area contributed by atoms with Gasteiger partial charge in [0.2, 0.25) is 5.91 Å². The predicted octanol–water partition coefficient (Wildman–Crippen LogP) is 5.80. The number of anilines is 1. The molecule has 1 N–H and O–H groups in total. The zero-order valence-corrected chi connectivity index (χ0v) is 22.3. The summed E-state index contributed by atoms with van der Waals surface area (Å²) in [6.45, 7) is 1.52. The van der Waals surface area contributed by atoms with Crippen LogP contribution in [-0.2, 0) is 26.3 Å². The number of nitrogens with one attached hydrogen (secondary N) is 1. The van der Waals surface area contributed by atoms with Crippen LogP contribution >= 0.6 is 11.8 Å². The third kappa shape index (κ3) is 5.87. The fraction of sp³-hybridized carbons (Fsp3) is 0.0690. The number of carbonyl (C=O) groups is 3. The molecule has 0 radical (unpaired) electrons. The van der Waals surface area contributed by atoms with E-state index in [1.54, 1.807) is 18.2 Å². The normalized spacial score (nSPS) is 14.7. The highest BCUT2D eigenvalue weighted by Gasteiger charge is 2.35. The van der Waals surface area contributed by atoms with E-state index in [2.05, 4.69) is 5.32 Å².